The Morgan fingerprint density at radius 2 is 1.85 bits per heavy atom. The smallest absolute Gasteiger partial charge is 0.134 e. The minimum absolute atomic E-state index is 0.392. The molecule has 0 spiro atoms. The van der Waals surface area contributed by atoms with Crippen LogP contribution >= 0.6 is 0 Å². The van der Waals surface area contributed by atoms with Gasteiger partial charge in [0.15, 0.2) is 0 Å². The van der Waals surface area contributed by atoms with Gasteiger partial charge in [-0.05, 0) is 12.1 Å². The molecule has 3 rings (SSSR count). The first kappa shape index (κ1) is 12.5. The van der Waals surface area contributed by atoms with E-state index in [0.717, 1.165) is 11.0 Å². The standard InChI is InChI=1S/C15H13FN2O2/c1-18-9-17-14-4-3-11(8-15(14)18)20-13-6-10(16)5-12(7-13)19-2/h3-9H,1-2H3. The van der Waals surface area contributed by atoms with E-state index in [2.05, 4.69) is 4.98 Å². The third-order valence-electron chi connectivity index (χ3n) is 3.01. The summed E-state index contributed by atoms with van der Waals surface area (Å²) in [5.41, 5.74) is 1.84. The van der Waals surface area contributed by atoms with Crippen molar-refractivity contribution >= 4 is 11.0 Å². The maximum absolute atomic E-state index is 13.4. The number of methoxy groups -OCH3 is 1. The van der Waals surface area contributed by atoms with Crippen molar-refractivity contribution in [2.45, 2.75) is 0 Å². The Bertz CT molecular complexity index is 768. The fourth-order valence-electron chi connectivity index (χ4n) is 2.02. The molecule has 0 saturated carbocycles. The van der Waals surface area contributed by atoms with Crippen molar-refractivity contribution in [2.24, 2.45) is 7.05 Å². The van der Waals surface area contributed by atoms with Crippen LogP contribution in [0, 0.1) is 5.82 Å². The van der Waals surface area contributed by atoms with Gasteiger partial charge in [0.25, 0.3) is 0 Å². The van der Waals surface area contributed by atoms with E-state index in [1.54, 1.807) is 18.5 Å². The van der Waals surface area contributed by atoms with E-state index < -0.39 is 5.82 Å². The molecule has 0 amide bonds. The molecule has 2 aromatic carbocycles. The molecule has 1 aromatic heterocycles. The predicted octanol–water partition coefficient (Wildman–Crippen LogP) is 3.51. The highest BCUT2D eigenvalue weighted by Gasteiger charge is 2.06. The lowest BCUT2D eigenvalue weighted by molar-refractivity contribution is 0.404. The van der Waals surface area contributed by atoms with Gasteiger partial charge in [0.2, 0.25) is 0 Å². The van der Waals surface area contributed by atoms with Gasteiger partial charge in [0.1, 0.15) is 23.1 Å². The molecular formula is C15H13FN2O2. The Kier molecular flexibility index (Phi) is 3.02. The maximum atomic E-state index is 13.4. The normalized spacial score (nSPS) is 10.8. The van der Waals surface area contributed by atoms with Crippen molar-refractivity contribution in [1.29, 1.82) is 0 Å². The van der Waals surface area contributed by atoms with E-state index in [0.29, 0.717) is 17.2 Å². The first-order valence-electron chi connectivity index (χ1n) is 6.09. The van der Waals surface area contributed by atoms with Crippen LogP contribution in [0.5, 0.6) is 17.2 Å². The second-order valence-corrected chi connectivity index (χ2v) is 4.43. The van der Waals surface area contributed by atoms with E-state index >= 15 is 0 Å². The summed E-state index contributed by atoms with van der Waals surface area (Å²) in [4.78, 5) is 4.24. The number of hydrogen-bond donors (Lipinski definition) is 0. The van der Waals surface area contributed by atoms with Crippen molar-refractivity contribution in [2.75, 3.05) is 7.11 Å². The molecule has 0 N–H and O–H groups in total. The van der Waals surface area contributed by atoms with Crippen molar-refractivity contribution in [3.63, 3.8) is 0 Å². The maximum Gasteiger partial charge on any atom is 0.134 e. The average molecular weight is 272 g/mol. The number of aromatic nitrogens is 2. The predicted molar refractivity (Wildman–Crippen MR) is 73.7 cm³/mol. The molecule has 0 bridgehead atoms. The van der Waals surface area contributed by atoms with Crippen molar-refractivity contribution in [3.8, 4) is 17.2 Å². The number of ether oxygens (including phenoxy) is 2. The quantitative estimate of drug-likeness (QED) is 0.732. The monoisotopic (exact) mass is 272 g/mol. The number of nitrogens with zero attached hydrogens (tertiary/aromatic N) is 2. The number of halogens is 1. The Hall–Kier alpha value is -2.56. The first-order chi connectivity index (χ1) is 9.65. The Balaban J connectivity index is 1.96. The molecule has 1 heterocycles. The molecule has 0 fully saturated rings. The van der Waals surface area contributed by atoms with Crippen LogP contribution in [0.15, 0.2) is 42.7 Å². The van der Waals surface area contributed by atoms with Crippen LogP contribution in [0.4, 0.5) is 4.39 Å². The Labute approximate surface area is 115 Å². The van der Waals surface area contributed by atoms with E-state index in [-0.39, 0.29) is 0 Å². The minimum atomic E-state index is -0.402. The highest BCUT2D eigenvalue weighted by molar-refractivity contribution is 5.77. The number of benzene rings is 2. The molecule has 0 saturated heterocycles. The molecule has 0 aliphatic carbocycles. The van der Waals surface area contributed by atoms with Crippen LogP contribution < -0.4 is 9.47 Å². The van der Waals surface area contributed by atoms with Crippen LogP contribution in [0.25, 0.3) is 11.0 Å². The van der Waals surface area contributed by atoms with Gasteiger partial charge in [-0.15, -0.1) is 0 Å². The van der Waals surface area contributed by atoms with Gasteiger partial charge < -0.3 is 14.0 Å². The van der Waals surface area contributed by atoms with Gasteiger partial charge >= 0.3 is 0 Å². The fraction of sp³-hybridized carbons (Fsp3) is 0.133. The summed E-state index contributed by atoms with van der Waals surface area (Å²) in [6, 6.07) is 9.78. The van der Waals surface area contributed by atoms with E-state index in [9.17, 15) is 4.39 Å². The summed E-state index contributed by atoms with van der Waals surface area (Å²) < 4.78 is 26.0. The molecule has 0 radical (unpaired) electrons. The third kappa shape index (κ3) is 2.30. The van der Waals surface area contributed by atoms with Gasteiger partial charge in [-0.3, -0.25) is 0 Å². The molecule has 5 heteroatoms. The number of rotatable bonds is 3. The van der Waals surface area contributed by atoms with Crippen LogP contribution in [0.2, 0.25) is 0 Å². The van der Waals surface area contributed by atoms with Crippen LogP contribution in [0.1, 0.15) is 0 Å². The summed E-state index contributed by atoms with van der Waals surface area (Å²) >= 11 is 0. The Morgan fingerprint density at radius 1 is 1.05 bits per heavy atom. The van der Waals surface area contributed by atoms with Gasteiger partial charge in [-0.1, -0.05) is 0 Å². The van der Waals surface area contributed by atoms with Crippen molar-refractivity contribution in [3.05, 3.63) is 48.5 Å². The fourth-order valence-corrected chi connectivity index (χ4v) is 2.02. The van der Waals surface area contributed by atoms with Crippen LogP contribution in [-0.4, -0.2) is 16.7 Å². The zero-order valence-corrected chi connectivity index (χ0v) is 11.1. The molecule has 20 heavy (non-hydrogen) atoms. The van der Waals surface area contributed by atoms with Gasteiger partial charge in [0, 0.05) is 31.3 Å². The van der Waals surface area contributed by atoms with Gasteiger partial charge in [0.05, 0.1) is 24.5 Å². The zero-order valence-electron chi connectivity index (χ0n) is 11.1. The molecule has 102 valence electrons. The minimum Gasteiger partial charge on any atom is -0.497 e. The molecule has 0 atom stereocenters. The summed E-state index contributed by atoms with van der Waals surface area (Å²) in [5, 5.41) is 0. The number of aryl methyl sites for hydroxylation is 1. The van der Waals surface area contributed by atoms with Crippen molar-refractivity contribution in [1.82, 2.24) is 9.55 Å². The number of fused-ring (bicyclic) bond motifs is 1. The van der Waals surface area contributed by atoms with Gasteiger partial charge in [-0.2, -0.15) is 0 Å². The largest absolute Gasteiger partial charge is 0.497 e. The molecule has 0 aliphatic heterocycles. The van der Waals surface area contributed by atoms with Gasteiger partial charge in [-0.25, -0.2) is 9.37 Å². The lowest BCUT2D eigenvalue weighted by Gasteiger charge is -2.08. The highest BCUT2D eigenvalue weighted by Crippen LogP contribution is 2.28. The van der Waals surface area contributed by atoms with Crippen LogP contribution in [0.3, 0.4) is 0 Å². The van der Waals surface area contributed by atoms with Crippen LogP contribution in [-0.2, 0) is 7.05 Å². The summed E-state index contributed by atoms with van der Waals surface area (Å²) in [7, 11) is 3.39. The summed E-state index contributed by atoms with van der Waals surface area (Å²) in [6.45, 7) is 0. The lowest BCUT2D eigenvalue weighted by atomic mass is 10.3. The summed E-state index contributed by atoms with van der Waals surface area (Å²) in [6.07, 6.45) is 1.74. The lowest BCUT2D eigenvalue weighted by Crippen LogP contribution is -1.90. The topological polar surface area (TPSA) is 36.3 Å². The van der Waals surface area contributed by atoms with E-state index in [1.165, 1.54) is 19.2 Å². The molecular weight excluding hydrogens is 259 g/mol. The zero-order chi connectivity index (χ0) is 14.1. The second kappa shape index (κ2) is 4.85. The van der Waals surface area contributed by atoms with E-state index in [4.69, 9.17) is 9.47 Å². The first-order valence-corrected chi connectivity index (χ1v) is 6.09. The highest BCUT2D eigenvalue weighted by atomic mass is 19.1. The molecule has 0 aliphatic rings. The average Bonchev–Trinajstić information content (AvgIpc) is 2.79. The number of imidazole rings is 1. The van der Waals surface area contributed by atoms with Crippen molar-refractivity contribution < 1.29 is 13.9 Å². The SMILES string of the molecule is COc1cc(F)cc(Oc2ccc3ncn(C)c3c2)c1. The summed E-state index contributed by atoms with van der Waals surface area (Å²) in [5.74, 6) is 1.03. The second-order valence-electron chi connectivity index (χ2n) is 4.43. The molecule has 0 unspecified atom stereocenters. The third-order valence-corrected chi connectivity index (χ3v) is 3.01. The molecule has 4 nitrogen and oxygen atoms in total. The number of hydrogen-bond acceptors (Lipinski definition) is 3. The van der Waals surface area contributed by atoms with E-state index in [1.807, 2.05) is 23.7 Å². The Morgan fingerprint density at radius 3 is 2.65 bits per heavy atom. The molecule has 3 aromatic rings.